The van der Waals surface area contributed by atoms with Crippen molar-refractivity contribution < 1.29 is 0 Å². The molecule has 0 aliphatic carbocycles. The SMILES string of the molecule is CCCCCCCCNCC(CN)CC(C)(C)C. The molecule has 3 N–H and O–H groups in total. The Balaban J connectivity index is 3.40. The predicted molar refractivity (Wildman–Crippen MR) is 82.9 cm³/mol. The summed E-state index contributed by atoms with van der Waals surface area (Å²) in [5, 5.41) is 3.57. The van der Waals surface area contributed by atoms with Crippen LogP contribution in [0.3, 0.4) is 0 Å². The topological polar surface area (TPSA) is 38.0 Å². The molecule has 110 valence electrons. The number of nitrogens with one attached hydrogen (secondary N) is 1. The Morgan fingerprint density at radius 3 is 2.17 bits per heavy atom. The lowest BCUT2D eigenvalue weighted by Crippen LogP contribution is -2.31. The molecule has 0 radical (unpaired) electrons. The van der Waals surface area contributed by atoms with Crippen molar-refractivity contribution in [1.29, 1.82) is 0 Å². The number of hydrogen-bond acceptors (Lipinski definition) is 2. The van der Waals surface area contributed by atoms with Crippen molar-refractivity contribution in [2.45, 2.75) is 72.6 Å². The summed E-state index contributed by atoms with van der Waals surface area (Å²) in [4.78, 5) is 0. The van der Waals surface area contributed by atoms with E-state index in [9.17, 15) is 0 Å². The second kappa shape index (κ2) is 10.8. The largest absolute Gasteiger partial charge is 0.330 e. The molecule has 1 atom stereocenters. The van der Waals surface area contributed by atoms with Gasteiger partial charge in [-0.3, -0.25) is 0 Å². The van der Waals surface area contributed by atoms with E-state index in [4.69, 9.17) is 5.73 Å². The Hall–Kier alpha value is -0.0800. The molecule has 0 aliphatic rings. The fourth-order valence-corrected chi connectivity index (χ4v) is 2.44. The molecule has 0 aromatic carbocycles. The second-order valence-corrected chi connectivity index (χ2v) is 6.84. The van der Waals surface area contributed by atoms with Crippen molar-refractivity contribution in [2.75, 3.05) is 19.6 Å². The third-order valence-corrected chi connectivity index (χ3v) is 3.37. The maximum absolute atomic E-state index is 5.84. The van der Waals surface area contributed by atoms with Crippen LogP contribution in [0.25, 0.3) is 0 Å². The molecular formula is C16H36N2. The van der Waals surface area contributed by atoms with Crippen molar-refractivity contribution in [1.82, 2.24) is 5.32 Å². The van der Waals surface area contributed by atoms with Crippen LogP contribution in [0.4, 0.5) is 0 Å². The Bertz CT molecular complexity index is 172. The highest BCUT2D eigenvalue weighted by atomic mass is 14.9. The molecule has 2 nitrogen and oxygen atoms in total. The first-order valence-corrected chi connectivity index (χ1v) is 7.90. The van der Waals surface area contributed by atoms with E-state index in [-0.39, 0.29) is 0 Å². The summed E-state index contributed by atoms with van der Waals surface area (Å²) in [6, 6.07) is 0. The summed E-state index contributed by atoms with van der Waals surface area (Å²) in [7, 11) is 0. The van der Waals surface area contributed by atoms with E-state index in [0.29, 0.717) is 11.3 Å². The Kier molecular flexibility index (Phi) is 10.8. The van der Waals surface area contributed by atoms with Gasteiger partial charge in [-0.25, -0.2) is 0 Å². The minimum Gasteiger partial charge on any atom is -0.330 e. The van der Waals surface area contributed by atoms with Crippen LogP contribution >= 0.6 is 0 Å². The molecule has 0 aromatic heterocycles. The van der Waals surface area contributed by atoms with Gasteiger partial charge < -0.3 is 11.1 Å². The first-order valence-electron chi connectivity index (χ1n) is 7.90. The fourth-order valence-electron chi connectivity index (χ4n) is 2.44. The van der Waals surface area contributed by atoms with Gasteiger partial charge in [-0.2, -0.15) is 0 Å². The zero-order valence-electron chi connectivity index (χ0n) is 13.2. The van der Waals surface area contributed by atoms with E-state index in [1.165, 1.54) is 44.9 Å². The van der Waals surface area contributed by atoms with Crippen molar-refractivity contribution in [3.63, 3.8) is 0 Å². The maximum atomic E-state index is 5.84. The second-order valence-electron chi connectivity index (χ2n) is 6.84. The smallest absolute Gasteiger partial charge is 0.000826 e. The summed E-state index contributed by atoms with van der Waals surface area (Å²) in [5.74, 6) is 0.630. The summed E-state index contributed by atoms with van der Waals surface area (Å²) >= 11 is 0. The van der Waals surface area contributed by atoms with E-state index >= 15 is 0 Å². The van der Waals surface area contributed by atoms with Gasteiger partial charge in [-0.1, -0.05) is 59.8 Å². The fraction of sp³-hybridized carbons (Fsp3) is 1.00. The van der Waals surface area contributed by atoms with Crippen LogP contribution in [-0.2, 0) is 0 Å². The summed E-state index contributed by atoms with van der Waals surface area (Å²) < 4.78 is 0. The molecule has 0 aliphatic heterocycles. The van der Waals surface area contributed by atoms with Crippen LogP contribution in [-0.4, -0.2) is 19.6 Å². The third kappa shape index (κ3) is 12.4. The van der Waals surface area contributed by atoms with Crippen molar-refractivity contribution >= 4 is 0 Å². The molecule has 0 aromatic rings. The van der Waals surface area contributed by atoms with Gasteiger partial charge in [0.25, 0.3) is 0 Å². The van der Waals surface area contributed by atoms with Crippen LogP contribution in [0.5, 0.6) is 0 Å². The van der Waals surface area contributed by atoms with Crippen molar-refractivity contribution in [2.24, 2.45) is 17.1 Å². The Morgan fingerprint density at radius 1 is 1.00 bits per heavy atom. The summed E-state index contributed by atoms with van der Waals surface area (Å²) in [5.41, 5.74) is 6.23. The normalized spacial score (nSPS) is 13.8. The zero-order valence-corrected chi connectivity index (χ0v) is 13.2. The van der Waals surface area contributed by atoms with Gasteiger partial charge >= 0.3 is 0 Å². The maximum Gasteiger partial charge on any atom is -0.000826 e. The highest BCUT2D eigenvalue weighted by Gasteiger charge is 2.16. The highest BCUT2D eigenvalue weighted by Crippen LogP contribution is 2.23. The van der Waals surface area contributed by atoms with Gasteiger partial charge in [-0.05, 0) is 43.8 Å². The Morgan fingerprint density at radius 2 is 1.61 bits per heavy atom. The first-order chi connectivity index (χ1) is 8.49. The highest BCUT2D eigenvalue weighted by molar-refractivity contribution is 4.71. The van der Waals surface area contributed by atoms with Crippen LogP contribution in [0, 0.1) is 11.3 Å². The zero-order chi connectivity index (χ0) is 13.9. The molecule has 1 unspecified atom stereocenters. The van der Waals surface area contributed by atoms with E-state index in [1.807, 2.05) is 0 Å². The molecule has 0 rings (SSSR count). The monoisotopic (exact) mass is 256 g/mol. The lowest BCUT2D eigenvalue weighted by atomic mass is 9.84. The molecule has 18 heavy (non-hydrogen) atoms. The first kappa shape index (κ1) is 17.9. The van der Waals surface area contributed by atoms with Crippen LogP contribution in [0.1, 0.15) is 72.6 Å². The lowest BCUT2D eigenvalue weighted by Gasteiger charge is -2.25. The molecule has 0 saturated carbocycles. The molecular weight excluding hydrogens is 220 g/mol. The molecule has 2 heteroatoms. The van der Waals surface area contributed by atoms with Gasteiger partial charge in [0.15, 0.2) is 0 Å². The summed E-state index contributed by atoms with van der Waals surface area (Å²) in [6.07, 6.45) is 9.45. The number of rotatable bonds is 11. The van der Waals surface area contributed by atoms with Crippen molar-refractivity contribution in [3.8, 4) is 0 Å². The van der Waals surface area contributed by atoms with E-state index in [1.54, 1.807) is 0 Å². The molecule has 0 heterocycles. The quantitative estimate of drug-likeness (QED) is 0.549. The van der Waals surface area contributed by atoms with Gasteiger partial charge in [-0.15, -0.1) is 0 Å². The Labute approximate surface area is 115 Å². The number of nitrogens with two attached hydrogens (primary N) is 1. The average Bonchev–Trinajstić information content (AvgIpc) is 2.29. The minimum atomic E-state index is 0.395. The van der Waals surface area contributed by atoms with Crippen LogP contribution in [0.2, 0.25) is 0 Å². The van der Waals surface area contributed by atoms with E-state index in [2.05, 4.69) is 33.0 Å². The molecule has 0 saturated heterocycles. The van der Waals surface area contributed by atoms with Gasteiger partial charge in [0.1, 0.15) is 0 Å². The van der Waals surface area contributed by atoms with E-state index in [0.717, 1.165) is 19.6 Å². The van der Waals surface area contributed by atoms with Gasteiger partial charge in [0.05, 0.1) is 0 Å². The van der Waals surface area contributed by atoms with Gasteiger partial charge in [0.2, 0.25) is 0 Å². The minimum absolute atomic E-state index is 0.395. The molecule has 0 amide bonds. The van der Waals surface area contributed by atoms with Crippen molar-refractivity contribution in [3.05, 3.63) is 0 Å². The average molecular weight is 256 g/mol. The third-order valence-electron chi connectivity index (χ3n) is 3.37. The standard InChI is InChI=1S/C16H36N2/c1-5-6-7-8-9-10-11-18-14-15(13-17)12-16(2,3)4/h15,18H,5-14,17H2,1-4H3. The molecule has 0 bridgehead atoms. The van der Waals surface area contributed by atoms with Crippen LogP contribution in [0.15, 0.2) is 0 Å². The van der Waals surface area contributed by atoms with Crippen LogP contribution < -0.4 is 11.1 Å². The molecule has 0 spiro atoms. The summed E-state index contributed by atoms with van der Waals surface area (Å²) in [6.45, 7) is 12.2. The lowest BCUT2D eigenvalue weighted by molar-refractivity contribution is 0.289. The van der Waals surface area contributed by atoms with Gasteiger partial charge in [0, 0.05) is 0 Å². The van der Waals surface area contributed by atoms with E-state index < -0.39 is 0 Å². The predicted octanol–water partition coefficient (Wildman–Crippen LogP) is 3.95. The number of unbranched alkanes of at least 4 members (excludes halogenated alkanes) is 5. The number of hydrogen-bond donors (Lipinski definition) is 2. The molecule has 0 fully saturated rings.